The number of carbonyl (C=O) groups excluding carboxylic acids is 1. The molecule has 1 N–H and O–H groups in total. The summed E-state index contributed by atoms with van der Waals surface area (Å²) >= 11 is 0. The van der Waals surface area contributed by atoms with Crippen molar-refractivity contribution in [3.8, 4) is 0 Å². The van der Waals surface area contributed by atoms with E-state index in [2.05, 4.69) is 24.3 Å². The van der Waals surface area contributed by atoms with Gasteiger partial charge in [-0.05, 0) is 41.5 Å². The Hall–Kier alpha value is -1.56. The minimum Gasteiger partial charge on any atom is -0.444 e. The number of nitrogens with zero attached hydrogens (tertiary/aromatic N) is 3. The zero-order valence-corrected chi connectivity index (χ0v) is 14.7. The van der Waals surface area contributed by atoms with Gasteiger partial charge in [-0.2, -0.15) is 5.10 Å². The van der Waals surface area contributed by atoms with E-state index >= 15 is 0 Å². The first kappa shape index (κ1) is 16.8. The summed E-state index contributed by atoms with van der Waals surface area (Å²) in [7, 11) is 1.96. The van der Waals surface area contributed by atoms with Crippen LogP contribution in [-0.2, 0) is 11.8 Å². The molecule has 124 valence electrons. The molecule has 1 amide bonds. The quantitative estimate of drug-likeness (QED) is 0.931. The van der Waals surface area contributed by atoms with Crippen LogP contribution in [0.15, 0.2) is 0 Å². The summed E-state index contributed by atoms with van der Waals surface area (Å²) in [5.74, 6) is 0. The number of nitrogens with one attached hydrogen (secondary N) is 1. The van der Waals surface area contributed by atoms with Gasteiger partial charge in [0.05, 0.1) is 5.69 Å². The van der Waals surface area contributed by atoms with Crippen LogP contribution in [0.3, 0.4) is 0 Å². The highest BCUT2D eigenvalue weighted by atomic mass is 16.6. The number of likely N-dealkylation sites (tertiary alicyclic amines) is 1. The Balaban J connectivity index is 1.86. The molecule has 1 aromatic heterocycles. The molecule has 2 rings (SSSR count). The van der Waals surface area contributed by atoms with Crippen molar-refractivity contribution in [2.24, 2.45) is 7.05 Å². The molecule has 0 aromatic carbocycles. The van der Waals surface area contributed by atoms with Gasteiger partial charge in [0.2, 0.25) is 0 Å². The maximum Gasteiger partial charge on any atom is 0.410 e. The number of rotatable bonds is 3. The molecule has 6 nitrogen and oxygen atoms in total. The third-order valence-electron chi connectivity index (χ3n) is 4.02. The van der Waals surface area contributed by atoms with Crippen LogP contribution in [0.4, 0.5) is 4.79 Å². The van der Waals surface area contributed by atoms with Crippen molar-refractivity contribution in [1.29, 1.82) is 0 Å². The molecule has 2 heterocycles. The fourth-order valence-electron chi connectivity index (χ4n) is 2.91. The highest BCUT2D eigenvalue weighted by Gasteiger charge is 2.34. The van der Waals surface area contributed by atoms with Crippen LogP contribution in [0.1, 0.15) is 50.7 Å². The number of aromatic nitrogens is 2. The number of aryl methyl sites for hydroxylation is 2. The summed E-state index contributed by atoms with van der Waals surface area (Å²) in [5, 5.41) is 8.03. The summed E-state index contributed by atoms with van der Waals surface area (Å²) in [6, 6.07) is 0.529. The van der Waals surface area contributed by atoms with Gasteiger partial charge in [0, 0.05) is 43.5 Å². The molecule has 0 aliphatic carbocycles. The average molecular weight is 308 g/mol. The lowest BCUT2D eigenvalue weighted by atomic mass is 10.0. The van der Waals surface area contributed by atoms with Crippen molar-refractivity contribution < 1.29 is 9.53 Å². The van der Waals surface area contributed by atoms with Crippen molar-refractivity contribution >= 4 is 6.09 Å². The topological polar surface area (TPSA) is 59.4 Å². The summed E-state index contributed by atoms with van der Waals surface area (Å²) in [6.07, 6.45) is -0.230. The highest BCUT2D eigenvalue weighted by Crippen LogP contribution is 2.23. The third kappa shape index (κ3) is 3.61. The van der Waals surface area contributed by atoms with Crippen molar-refractivity contribution in [2.75, 3.05) is 13.1 Å². The number of ether oxygens (including phenoxy) is 1. The lowest BCUT2D eigenvalue weighted by Gasteiger charge is -2.41. The van der Waals surface area contributed by atoms with Crippen LogP contribution in [-0.4, -0.2) is 45.5 Å². The maximum absolute atomic E-state index is 11.9. The van der Waals surface area contributed by atoms with Crippen LogP contribution in [0, 0.1) is 13.8 Å². The molecule has 1 unspecified atom stereocenters. The minimum absolute atomic E-state index is 0.222. The van der Waals surface area contributed by atoms with Gasteiger partial charge in [-0.1, -0.05) is 0 Å². The fraction of sp³-hybridized carbons (Fsp3) is 0.750. The monoisotopic (exact) mass is 308 g/mol. The summed E-state index contributed by atoms with van der Waals surface area (Å²) in [5.41, 5.74) is 3.05. The van der Waals surface area contributed by atoms with Crippen molar-refractivity contribution in [2.45, 2.75) is 59.2 Å². The van der Waals surface area contributed by atoms with E-state index in [-0.39, 0.29) is 12.1 Å². The fourth-order valence-corrected chi connectivity index (χ4v) is 2.91. The van der Waals surface area contributed by atoms with Gasteiger partial charge in [-0.15, -0.1) is 0 Å². The molecule has 1 aromatic rings. The number of carbonyl (C=O) groups is 1. The summed E-state index contributed by atoms with van der Waals surface area (Å²) in [6.45, 7) is 13.3. The van der Waals surface area contributed by atoms with E-state index in [0.717, 1.165) is 5.69 Å². The first-order valence-electron chi connectivity index (χ1n) is 7.82. The molecule has 6 heteroatoms. The van der Waals surface area contributed by atoms with Crippen molar-refractivity contribution in [1.82, 2.24) is 20.0 Å². The van der Waals surface area contributed by atoms with E-state index in [1.54, 1.807) is 4.90 Å². The van der Waals surface area contributed by atoms with E-state index in [0.29, 0.717) is 19.1 Å². The zero-order valence-electron chi connectivity index (χ0n) is 14.7. The molecule has 0 bridgehead atoms. The Kier molecular flexibility index (Phi) is 4.52. The second-order valence-electron chi connectivity index (χ2n) is 7.18. The van der Waals surface area contributed by atoms with Crippen LogP contribution < -0.4 is 5.32 Å². The van der Waals surface area contributed by atoms with Gasteiger partial charge in [0.1, 0.15) is 5.60 Å². The molecule has 0 saturated carbocycles. The SMILES string of the molecule is Cc1nn(C)c(C)c1C(C)NC1CN(C(=O)OC(C)(C)C)C1. The van der Waals surface area contributed by atoms with E-state index < -0.39 is 5.60 Å². The van der Waals surface area contributed by atoms with Gasteiger partial charge in [-0.3, -0.25) is 4.68 Å². The molecular formula is C16H28N4O2. The van der Waals surface area contributed by atoms with E-state index in [1.165, 1.54) is 11.3 Å². The standard InChI is InChI=1S/C16H28N4O2/c1-10(14-11(2)18-19(7)12(14)3)17-13-8-20(9-13)15(21)22-16(4,5)6/h10,13,17H,8-9H2,1-7H3. The molecule has 0 radical (unpaired) electrons. The highest BCUT2D eigenvalue weighted by molar-refractivity contribution is 5.69. The van der Waals surface area contributed by atoms with Crippen LogP contribution in [0.25, 0.3) is 0 Å². The maximum atomic E-state index is 11.9. The largest absolute Gasteiger partial charge is 0.444 e. The zero-order chi connectivity index (χ0) is 16.7. The predicted molar refractivity (Wildman–Crippen MR) is 85.8 cm³/mol. The van der Waals surface area contributed by atoms with Crippen molar-refractivity contribution in [3.63, 3.8) is 0 Å². The molecule has 1 aliphatic heterocycles. The molecule has 0 spiro atoms. The van der Waals surface area contributed by atoms with E-state index in [4.69, 9.17) is 4.74 Å². The lowest BCUT2D eigenvalue weighted by Crippen LogP contribution is -2.60. The van der Waals surface area contributed by atoms with Crippen LogP contribution in [0.5, 0.6) is 0 Å². The van der Waals surface area contributed by atoms with Crippen LogP contribution >= 0.6 is 0 Å². The van der Waals surface area contributed by atoms with Gasteiger partial charge < -0.3 is 15.0 Å². The third-order valence-corrected chi connectivity index (χ3v) is 4.02. The second-order valence-corrected chi connectivity index (χ2v) is 7.18. The normalized spacial score (nSPS) is 17.3. The lowest BCUT2D eigenvalue weighted by molar-refractivity contribution is 0.00432. The van der Waals surface area contributed by atoms with Gasteiger partial charge in [-0.25, -0.2) is 4.79 Å². The van der Waals surface area contributed by atoms with E-state index in [9.17, 15) is 4.79 Å². The Bertz CT molecular complexity index is 553. The van der Waals surface area contributed by atoms with Gasteiger partial charge in [0.25, 0.3) is 0 Å². The van der Waals surface area contributed by atoms with Gasteiger partial charge in [0.15, 0.2) is 0 Å². The minimum atomic E-state index is -0.438. The second kappa shape index (κ2) is 5.91. The molecule has 1 saturated heterocycles. The Labute approximate surface area is 132 Å². The Morgan fingerprint density at radius 2 is 1.95 bits per heavy atom. The number of hydrogen-bond acceptors (Lipinski definition) is 4. The first-order valence-corrected chi connectivity index (χ1v) is 7.82. The smallest absolute Gasteiger partial charge is 0.410 e. The predicted octanol–water partition coefficient (Wildman–Crippen LogP) is 2.31. The van der Waals surface area contributed by atoms with Crippen LogP contribution in [0.2, 0.25) is 0 Å². The van der Waals surface area contributed by atoms with Crippen molar-refractivity contribution in [3.05, 3.63) is 17.0 Å². The van der Waals surface area contributed by atoms with E-state index in [1.807, 2.05) is 39.4 Å². The molecule has 1 aliphatic rings. The summed E-state index contributed by atoms with van der Waals surface area (Å²) in [4.78, 5) is 13.7. The summed E-state index contributed by atoms with van der Waals surface area (Å²) < 4.78 is 7.28. The Morgan fingerprint density at radius 3 is 2.41 bits per heavy atom. The Morgan fingerprint density at radius 1 is 1.36 bits per heavy atom. The average Bonchev–Trinajstić information content (AvgIpc) is 2.54. The molecule has 1 fully saturated rings. The molecular weight excluding hydrogens is 280 g/mol. The molecule has 1 atom stereocenters. The number of amides is 1. The van der Waals surface area contributed by atoms with Gasteiger partial charge >= 0.3 is 6.09 Å². The number of hydrogen-bond donors (Lipinski definition) is 1. The molecule has 22 heavy (non-hydrogen) atoms. The first-order chi connectivity index (χ1) is 10.1.